The first kappa shape index (κ1) is 18.1. The number of benzene rings is 2. The van der Waals surface area contributed by atoms with Gasteiger partial charge in [-0.1, -0.05) is 36.4 Å². The average Bonchev–Trinajstić information content (AvgIpc) is 3.56. The van der Waals surface area contributed by atoms with Crippen LogP contribution in [0.3, 0.4) is 0 Å². The van der Waals surface area contributed by atoms with Crippen molar-refractivity contribution in [3.8, 4) is 0 Å². The lowest BCUT2D eigenvalue weighted by atomic mass is 9.86. The van der Waals surface area contributed by atoms with Crippen LogP contribution in [-0.2, 0) is 17.8 Å². The molecule has 2 aliphatic carbocycles. The molecule has 1 saturated carbocycles. The first-order valence-corrected chi connectivity index (χ1v) is 10.5. The Morgan fingerprint density at radius 1 is 1.14 bits per heavy atom. The van der Waals surface area contributed by atoms with E-state index in [0.29, 0.717) is 16.9 Å². The second-order valence-electron chi connectivity index (χ2n) is 8.29. The number of hydrogen-bond acceptors (Lipinski definition) is 3. The van der Waals surface area contributed by atoms with Crippen molar-refractivity contribution >= 4 is 16.8 Å². The molecule has 1 aromatic heterocycles. The summed E-state index contributed by atoms with van der Waals surface area (Å²) < 4.78 is 1.47. The van der Waals surface area contributed by atoms with Crippen molar-refractivity contribution in [1.82, 2.24) is 14.5 Å². The van der Waals surface area contributed by atoms with Crippen LogP contribution in [0.2, 0.25) is 0 Å². The lowest BCUT2D eigenvalue weighted by Gasteiger charge is -2.36. The Morgan fingerprint density at radius 2 is 1.97 bits per heavy atom. The quantitative estimate of drug-likeness (QED) is 0.685. The summed E-state index contributed by atoms with van der Waals surface area (Å²) in [5.74, 6) is 0.0186. The van der Waals surface area contributed by atoms with Gasteiger partial charge >= 0.3 is 0 Å². The maximum Gasteiger partial charge on any atom is 0.261 e. The Balaban J connectivity index is 1.48. The Labute approximate surface area is 170 Å². The fraction of sp³-hybridized carbons (Fsp3) is 0.375. The molecule has 0 saturated heterocycles. The molecule has 29 heavy (non-hydrogen) atoms. The normalized spacial score (nSPS) is 18.4. The fourth-order valence-corrected chi connectivity index (χ4v) is 4.68. The number of nitrogens with zero attached hydrogens (tertiary/aromatic N) is 3. The molecule has 1 atom stereocenters. The van der Waals surface area contributed by atoms with Gasteiger partial charge in [-0.15, -0.1) is 0 Å². The molecule has 2 aliphatic rings. The Hall–Kier alpha value is -2.95. The predicted molar refractivity (Wildman–Crippen MR) is 113 cm³/mol. The van der Waals surface area contributed by atoms with E-state index in [1.165, 1.54) is 22.0 Å². The maximum absolute atomic E-state index is 13.4. The number of rotatable bonds is 4. The van der Waals surface area contributed by atoms with Gasteiger partial charge in [0.1, 0.15) is 6.54 Å². The second kappa shape index (κ2) is 7.14. The molecule has 0 bridgehead atoms. The third-order valence-corrected chi connectivity index (χ3v) is 6.26. The topological polar surface area (TPSA) is 55.2 Å². The highest BCUT2D eigenvalue weighted by molar-refractivity contribution is 5.81. The summed E-state index contributed by atoms with van der Waals surface area (Å²) in [4.78, 5) is 32.9. The van der Waals surface area contributed by atoms with Gasteiger partial charge in [0.2, 0.25) is 5.91 Å². The van der Waals surface area contributed by atoms with Crippen LogP contribution < -0.4 is 5.56 Å². The molecule has 3 aromatic rings. The van der Waals surface area contributed by atoms with Crippen LogP contribution in [0.25, 0.3) is 10.9 Å². The number of aromatic nitrogens is 2. The second-order valence-corrected chi connectivity index (χ2v) is 8.29. The summed E-state index contributed by atoms with van der Waals surface area (Å²) in [5.41, 5.74) is 4.16. The highest BCUT2D eigenvalue weighted by Gasteiger charge is 2.39. The number of carbonyl (C=O) groups is 1. The van der Waals surface area contributed by atoms with Crippen molar-refractivity contribution in [2.24, 2.45) is 0 Å². The fourth-order valence-electron chi connectivity index (χ4n) is 4.68. The summed E-state index contributed by atoms with van der Waals surface area (Å²) in [6, 6.07) is 14.5. The van der Waals surface area contributed by atoms with E-state index in [1.54, 1.807) is 6.07 Å². The van der Waals surface area contributed by atoms with Crippen molar-refractivity contribution in [3.63, 3.8) is 0 Å². The van der Waals surface area contributed by atoms with Gasteiger partial charge in [0.15, 0.2) is 0 Å². The highest BCUT2D eigenvalue weighted by atomic mass is 16.2. The largest absolute Gasteiger partial charge is 0.331 e. The minimum atomic E-state index is -0.146. The monoisotopic (exact) mass is 387 g/mol. The van der Waals surface area contributed by atoms with E-state index in [9.17, 15) is 9.59 Å². The molecule has 0 radical (unpaired) electrons. The molecule has 2 aromatic carbocycles. The van der Waals surface area contributed by atoms with Crippen molar-refractivity contribution in [2.45, 2.75) is 57.7 Å². The summed E-state index contributed by atoms with van der Waals surface area (Å²) in [5, 5.41) is 0.571. The third kappa shape index (κ3) is 3.24. The minimum Gasteiger partial charge on any atom is -0.331 e. The number of carbonyl (C=O) groups excluding carboxylic acids is 1. The van der Waals surface area contributed by atoms with Gasteiger partial charge in [0.05, 0.1) is 23.3 Å². The maximum atomic E-state index is 13.4. The SMILES string of the molecule is Cc1cccc2c(=O)n(CC(=O)N(C3CC3)C3CCCc4ccccc43)cnc12. The summed E-state index contributed by atoms with van der Waals surface area (Å²) in [6.45, 7) is 1.99. The summed E-state index contributed by atoms with van der Waals surface area (Å²) in [7, 11) is 0. The molecule has 0 spiro atoms. The standard InChI is InChI=1S/C24H25N3O2/c1-16-6-4-10-20-23(16)25-15-26(24(20)29)14-22(28)27(18-12-13-18)21-11-5-8-17-7-2-3-9-19(17)21/h2-4,6-7,9-10,15,18,21H,5,8,11-14H2,1H3. The van der Waals surface area contributed by atoms with Gasteiger partial charge in [-0.2, -0.15) is 0 Å². The average molecular weight is 387 g/mol. The summed E-state index contributed by atoms with van der Waals surface area (Å²) >= 11 is 0. The smallest absolute Gasteiger partial charge is 0.261 e. The zero-order valence-corrected chi connectivity index (χ0v) is 16.7. The van der Waals surface area contributed by atoms with Crippen molar-refractivity contribution in [2.75, 3.05) is 0 Å². The molecule has 1 fully saturated rings. The Kier molecular flexibility index (Phi) is 4.46. The molecule has 1 amide bonds. The molecule has 5 nitrogen and oxygen atoms in total. The molecule has 1 heterocycles. The molecule has 0 N–H and O–H groups in total. The zero-order valence-electron chi connectivity index (χ0n) is 16.7. The highest BCUT2D eigenvalue weighted by Crippen LogP contribution is 2.40. The molecule has 148 valence electrons. The molecule has 5 rings (SSSR count). The lowest BCUT2D eigenvalue weighted by Crippen LogP contribution is -2.41. The summed E-state index contributed by atoms with van der Waals surface area (Å²) in [6.07, 6.45) is 6.78. The third-order valence-electron chi connectivity index (χ3n) is 6.26. The molecule has 1 unspecified atom stereocenters. The van der Waals surface area contributed by atoms with Crippen LogP contribution in [0, 0.1) is 6.92 Å². The van der Waals surface area contributed by atoms with Gasteiger partial charge in [-0.3, -0.25) is 14.2 Å². The van der Waals surface area contributed by atoms with Gasteiger partial charge in [-0.25, -0.2) is 4.98 Å². The van der Waals surface area contributed by atoms with Gasteiger partial charge < -0.3 is 4.90 Å². The molecule has 5 heteroatoms. The van der Waals surface area contributed by atoms with Crippen molar-refractivity contribution in [1.29, 1.82) is 0 Å². The van der Waals surface area contributed by atoms with Crippen LogP contribution in [0.5, 0.6) is 0 Å². The van der Waals surface area contributed by atoms with Gasteiger partial charge in [-0.05, 0) is 61.8 Å². The van der Waals surface area contributed by atoms with E-state index in [-0.39, 0.29) is 24.1 Å². The molecular formula is C24H25N3O2. The van der Waals surface area contributed by atoms with E-state index < -0.39 is 0 Å². The molecular weight excluding hydrogens is 362 g/mol. The lowest BCUT2D eigenvalue weighted by molar-refractivity contribution is -0.135. The van der Waals surface area contributed by atoms with Crippen LogP contribution in [0.1, 0.15) is 48.4 Å². The van der Waals surface area contributed by atoms with Crippen LogP contribution in [0.4, 0.5) is 0 Å². The minimum absolute atomic E-state index is 0.0186. The van der Waals surface area contributed by atoms with Crippen LogP contribution in [0.15, 0.2) is 53.6 Å². The van der Waals surface area contributed by atoms with Gasteiger partial charge in [0.25, 0.3) is 5.56 Å². The van der Waals surface area contributed by atoms with Crippen LogP contribution in [-0.4, -0.2) is 26.4 Å². The first-order valence-electron chi connectivity index (χ1n) is 10.5. The van der Waals surface area contributed by atoms with Gasteiger partial charge in [0, 0.05) is 6.04 Å². The van der Waals surface area contributed by atoms with Crippen molar-refractivity contribution < 1.29 is 4.79 Å². The zero-order chi connectivity index (χ0) is 20.0. The number of fused-ring (bicyclic) bond motifs is 2. The van der Waals surface area contributed by atoms with Crippen molar-refractivity contribution in [3.05, 3.63) is 75.8 Å². The Bertz CT molecular complexity index is 1150. The number of aryl methyl sites for hydroxylation is 2. The number of amides is 1. The number of para-hydroxylation sites is 1. The molecule has 0 aliphatic heterocycles. The van der Waals surface area contributed by atoms with E-state index >= 15 is 0 Å². The number of hydrogen-bond donors (Lipinski definition) is 0. The Morgan fingerprint density at radius 3 is 2.79 bits per heavy atom. The predicted octanol–water partition coefficient (Wildman–Crippen LogP) is 3.77. The van der Waals surface area contributed by atoms with E-state index in [2.05, 4.69) is 34.1 Å². The van der Waals surface area contributed by atoms with Crippen LogP contribution >= 0.6 is 0 Å². The van der Waals surface area contributed by atoms with E-state index in [0.717, 1.165) is 37.7 Å². The first-order chi connectivity index (χ1) is 14.1. The van der Waals surface area contributed by atoms with E-state index in [4.69, 9.17) is 0 Å². The van der Waals surface area contributed by atoms with E-state index in [1.807, 2.05) is 19.1 Å².